The van der Waals surface area contributed by atoms with Crippen molar-refractivity contribution in [3.63, 3.8) is 0 Å². The van der Waals surface area contributed by atoms with Crippen LogP contribution in [-0.4, -0.2) is 6.54 Å². The van der Waals surface area contributed by atoms with Crippen LogP contribution in [0.5, 0.6) is 0 Å². The van der Waals surface area contributed by atoms with E-state index in [1.54, 1.807) is 0 Å². The summed E-state index contributed by atoms with van der Waals surface area (Å²) >= 11 is 0. The Balaban J connectivity index is 2.24. The summed E-state index contributed by atoms with van der Waals surface area (Å²) in [5.41, 5.74) is 1.38. The van der Waals surface area contributed by atoms with Crippen molar-refractivity contribution >= 4 is 0 Å². The number of fused-ring (bicyclic) bond motifs is 1. The van der Waals surface area contributed by atoms with Crippen LogP contribution in [0.3, 0.4) is 0 Å². The largest absolute Gasteiger partial charge is 0.151 e. The minimum absolute atomic E-state index is 0.0712. The molecule has 0 saturated carbocycles. The van der Waals surface area contributed by atoms with Crippen molar-refractivity contribution in [2.75, 3.05) is 6.54 Å². The third-order valence-electron chi connectivity index (χ3n) is 2.69. The zero-order valence-corrected chi connectivity index (χ0v) is 5.87. The standard InChI is InChI=1S/C8H9NO/c1-6-4-7-2-3-8(6,7)5-9-10/h2-4,7H,5H2,1H3. The Hall–Kier alpha value is -0.920. The van der Waals surface area contributed by atoms with Gasteiger partial charge in [0.15, 0.2) is 0 Å². The van der Waals surface area contributed by atoms with Crippen LogP contribution >= 0.6 is 0 Å². The summed E-state index contributed by atoms with van der Waals surface area (Å²) in [5, 5.41) is 2.94. The van der Waals surface area contributed by atoms with Crippen molar-refractivity contribution in [1.82, 2.24) is 0 Å². The van der Waals surface area contributed by atoms with Gasteiger partial charge in [-0.1, -0.05) is 29.0 Å². The molecule has 2 nitrogen and oxygen atoms in total. The highest BCUT2D eigenvalue weighted by atomic mass is 16.3. The van der Waals surface area contributed by atoms with Crippen molar-refractivity contribution in [3.05, 3.63) is 28.7 Å². The van der Waals surface area contributed by atoms with Gasteiger partial charge >= 0.3 is 0 Å². The second-order valence-electron chi connectivity index (χ2n) is 3.06. The van der Waals surface area contributed by atoms with E-state index in [1.165, 1.54) is 5.57 Å². The number of hydrogen-bond acceptors (Lipinski definition) is 2. The van der Waals surface area contributed by atoms with Gasteiger partial charge in [0, 0.05) is 11.3 Å². The Morgan fingerprint density at radius 3 is 2.80 bits per heavy atom. The minimum atomic E-state index is 0.0712. The summed E-state index contributed by atoms with van der Waals surface area (Å²) in [6.07, 6.45) is 6.40. The lowest BCUT2D eigenvalue weighted by atomic mass is 9.55. The number of hydrogen-bond donors (Lipinski definition) is 0. The summed E-state index contributed by atoms with van der Waals surface area (Å²) in [6.45, 7) is 2.49. The van der Waals surface area contributed by atoms with Gasteiger partial charge in [-0.2, -0.15) is 4.91 Å². The third kappa shape index (κ3) is 0.416. The molecule has 0 bridgehead atoms. The second-order valence-corrected chi connectivity index (χ2v) is 3.06. The summed E-state index contributed by atoms with van der Waals surface area (Å²) in [7, 11) is 0. The van der Waals surface area contributed by atoms with Gasteiger partial charge in [0.2, 0.25) is 0 Å². The van der Waals surface area contributed by atoms with E-state index in [2.05, 4.69) is 30.3 Å². The topological polar surface area (TPSA) is 29.4 Å². The highest BCUT2D eigenvalue weighted by molar-refractivity contribution is 5.45. The highest BCUT2D eigenvalue weighted by Gasteiger charge is 2.48. The molecule has 2 aliphatic rings. The molecule has 2 rings (SSSR count). The molecule has 0 aliphatic heterocycles. The van der Waals surface area contributed by atoms with Crippen LogP contribution in [0.2, 0.25) is 0 Å². The highest BCUT2D eigenvalue weighted by Crippen LogP contribution is 2.54. The molecule has 0 fully saturated rings. The van der Waals surface area contributed by atoms with E-state index in [-0.39, 0.29) is 5.41 Å². The molecular weight excluding hydrogens is 126 g/mol. The normalized spacial score (nSPS) is 40.9. The summed E-state index contributed by atoms with van der Waals surface area (Å²) in [6, 6.07) is 0. The smallest absolute Gasteiger partial charge is 0.0947 e. The fraction of sp³-hybridized carbons (Fsp3) is 0.500. The molecule has 2 aliphatic carbocycles. The van der Waals surface area contributed by atoms with Gasteiger partial charge in [0.05, 0.1) is 6.54 Å². The molecular formula is C8H9NO. The van der Waals surface area contributed by atoms with Crippen LogP contribution in [0.25, 0.3) is 0 Å². The first kappa shape index (κ1) is 5.83. The molecule has 0 amide bonds. The van der Waals surface area contributed by atoms with Gasteiger partial charge in [-0.05, 0) is 6.92 Å². The molecule has 2 atom stereocenters. The van der Waals surface area contributed by atoms with E-state index in [1.807, 2.05) is 0 Å². The molecule has 2 heteroatoms. The average molecular weight is 135 g/mol. The maximum Gasteiger partial charge on any atom is 0.0947 e. The average Bonchev–Trinajstić information content (AvgIpc) is 1.94. The van der Waals surface area contributed by atoms with E-state index in [4.69, 9.17) is 0 Å². The lowest BCUT2D eigenvalue weighted by molar-refractivity contribution is 0.302. The van der Waals surface area contributed by atoms with Crippen molar-refractivity contribution in [1.29, 1.82) is 0 Å². The lowest BCUT2D eigenvalue weighted by Gasteiger charge is -2.49. The number of nitroso groups, excluding NO2 is 1. The first-order chi connectivity index (χ1) is 4.79. The van der Waals surface area contributed by atoms with Gasteiger partial charge in [-0.15, -0.1) is 0 Å². The maximum atomic E-state index is 10.0. The molecule has 0 spiro atoms. The van der Waals surface area contributed by atoms with Crippen LogP contribution in [0.4, 0.5) is 0 Å². The summed E-state index contributed by atoms with van der Waals surface area (Å²) in [5.74, 6) is 0.519. The van der Waals surface area contributed by atoms with Crippen molar-refractivity contribution < 1.29 is 0 Å². The van der Waals surface area contributed by atoms with Crippen LogP contribution in [0.1, 0.15) is 6.92 Å². The van der Waals surface area contributed by atoms with E-state index >= 15 is 0 Å². The lowest BCUT2D eigenvalue weighted by Crippen LogP contribution is -2.44. The van der Waals surface area contributed by atoms with Gasteiger partial charge in [0.25, 0.3) is 0 Å². The maximum absolute atomic E-state index is 10.0. The summed E-state index contributed by atoms with van der Waals surface area (Å²) in [4.78, 5) is 10.0. The second kappa shape index (κ2) is 1.57. The Morgan fingerprint density at radius 2 is 2.60 bits per heavy atom. The monoisotopic (exact) mass is 135 g/mol. The number of nitrogens with zero attached hydrogens (tertiary/aromatic N) is 1. The van der Waals surface area contributed by atoms with Gasteiger partial charge in [-0.25, -0.2) is 0 Å². The molecule has 0 aromatic carbocycles. The number of rotatable bonds is 2. The van der Waals surface area contributed by atoms with E-state index < -0.39 is 0 Å². The first-order valence-electron chi connectivity index (χ1n) is 3.47. The molecule has 0 N–H and O–H groups in total. The Labute approximate surface area is 59.6 Å². The predicted octanol–water partition coefficient (Wildman–Crippen LogP) is 1.89. The molecule has 0 saturated heterocycles. The molecule has 0 heterocycles. The predicted molar refractivity (Wildman–Crippen MR) is 39.5 cm³/mol. The molecule has 0 aromatic rings. The molecule has 52 valence electrons. The fourth-order valence-electron chi connectivity index (χ4n) is 1.76. The zero-order chi connectivity index (χ0) is 7.19. The Bertz CT molecular complexity index is 242. The van der Waals surface area contributed by atoms with E-state index in [0.717, 1.165) is 0 Å². The first-order valence-corrected chi connectivity index (χ1v) is 3.47. The van der Waals surface area contributed by atoms with E-state index in [9.17, 15) is 4.91 Å². The van der Waals surface area contributed by atoms with Crippen LogP contribution < -0.4 is 0 Å². The van der Waals surface area contributed by atoms with E-state index in [0.29, 0.717) is 12.5 Å². The molecule has 0 aromatic heterocycles. The van der Waals surface area contributed by atoms with Gasteiger partial charge < -0.3 is 0 Å². The quantitative estimate of drug-likeness (QED) is 0.420. The molecule has 0 radical (unpaired) electrons. The van der Waals surface area contributed by atoms with Gasteiger partial charge in [0.1, 0.15) is 0 Å². The zero-order valence-electron chi connectivity index (χ0n) is 5.87. The third-order valence-corrected chi connectivity index (χ3v) is 2.69. The SMILES string of the molecule is CC1=CC2C=CC12CN=O. The summed E-state index contributed by atoms with van der Waals surface area (Å²) < 4.78 is 0. The fourth-order valence-corrected chi connectivity index (χ4v) is 1.76. The number of allylic oxidation sites excluding steroid dienone is 2. The molecule has 2 unspecified atom stereocenters. The van der Waals surface area contributed by atoms with Gasteiger partial charge in [-0.3, -0.25) is 0 Å². The minimum Gasteiger partial charge on any atom is -0.151 e. The Morgan fingerprint density at radius 1 is 1.80 bits per heavy atom. The van der Waals surface area contributed by atoms with Crippen molar-refractivity contribution in [3.8, 4) is 0 Å². The van der Waals surface area contributed by atoms with Crippen LogP contribution in [0.15, 0.2) is 29.0 Å². The van der Waals surface area contributed by atoms with Crippen LogP contribution in [0, 0.1) is 16.2 Å². The molecule has 10 heavy (non-hydrogen) atoms. The van der Waals surface area contributed by atoms with Crippen molar-refractivity contribution in [2.45, 2.75) is 6.92 Å². The van der Waals surface area contributed by atoms with Crippen molar-refractivity contribution in [2.24, 2.45) is 16.5 Å². The van der Waals surface area contributed by atoms with Crippen LogP contribution in [-0.2, 0) is 0 Å². The Kier molecular flexibility index (Phi) is 0.914.